The lowest BCUT2D eigenvalue weighted by atomic mass is 9.97. The van der Waals surface area contributed by atoms with Crippen molar-refractivity contribution >= 4 is 0 Å². The van der Waals surface area contributed by atoms with Gasteiger partial charge in [-0.3, -0.25) is 4.98 Å². The van der Waals surface area contributed by atoms with Gasteiger partial charge in [-0.2, -0.15) is 0 Å². The molecule has 0 saturated carbocycles. The van der Waals surface area contributed by atoms with E-state index in [2.05, 4.69) is 138 Å². The molecule has 0 saturated heterocycles. The van der Waals surface area contributed by atoms with Crippen molar-refractivity contribution in [2.75, 3.05) is 0 Å². The van der Waals surface area contributed by atoms with E-state index in [4.69, 9.17) is 4.98 Å². The Balaban J connectivity index is 1.29. The van der Waals surface area contributed by atoms with Crippen LogP contribution in [0.5, 0.6) is 0 Å². The second-order valence-corrected chi connectivity index (χ2v) is 10.3. The van der Waals surface area contributed by atoms with Gasteiger partial charge in [0.05, 0.1) is 17.1 Å². The molecule has 198 valence electrons. The molecule has 42 heavy (non-hydrogen) atoms. The lowest BCUT2D eigenvalue weighted by Crippen LogP contribution is -1.92. The Morgan fingerprint density at radius 2 is 0.619 bits per heavy atom. The van der Waals surface area contributed by atoms with E-state index in [9.17, 15) is 0 Å². The van der Waals surface area contributed by atoms with Gasteiger partial charge in [0.1, 0.15) is 0 Å². The molecule has 7 aromatic rings. The zero-order chi connectivity index (χ0) is 28.1. The monoisotopic (exact) mass is 536 g/mol. The van der Waals surface area contributed by atoms with Gasteiger partial charge in [0.2, 0.25) is 0 Å². The highest BCUT2D eigenvalue weighted by molar-refractivity contribution is 5.79. The molecule has 0 N–H and O–H groups in total. The van der Waals surface area contributed by atoms with E-state index in [1.54, 1.807) is 0 Å². The molecule has 5 aromatic carbocycles. The molecule has 0 unspecified atom stereocenters. The van der Waals surface area contributed by atoms with Crippen LogP contribution in [0, 0.1) is 0 Å². The number of nitrogens with zero attached hydrogens (tertiary/aromatic N) is 2. The van der Waals surface area contributed by atoms with Gasteiger partial charge in [0.15, 0.2) is 0 Å². The highest BCUT2D eigenvalue weighted by Crippen LogP contribution is 2.33. The van der Waals surface area contributed by atoms with Crippen molar-refractivity contribution in [1.29, 1.82) is 0 Å². The van der Waals surface area contributed by atoms with Gasteiger partial charge in [-0.15, -0.1) is 0 Å². The zero-order valence-electron chi connectivity index (χ0n) is 23.1. The molecule has 0 bridgehead atoms. The molecule has 0 fully saturated rings. The largest absolute Gasteiger partial charge is 0.256 e. The third-order valence-corrected chi connectivity index (χ3v) is 7.58. The van der Waals surface area contributed by atoms with Crippen molar-refractivity contribution in [3.63, 3.8) is 0 Å². The molecule has 7 rings (SSSR count). The lowest BCUT2D eigenvalue weighted by Gasteiger charge is -2.12. The Labute approximate surface area is 246 Å². The smallest absolute Gasteiger partial charge is 0.0715 e. The molecule has 0 spiro atoms. The van der Waals surface area contributed by atoms with Crippen LogP contribution in [-0.4, -0.2) is 9.97 Å². The minimum Gasteiger partial charge on any atom is -0.256 e. The van der Waals surface area contributed by atoms with Crippen LogP contribution < -0.4 is 0 Å². The van der Waals surface area contributed by atoms with E-state index in [1.807, 2.05) is 36.5 Å². The number of benzene rings is 5. The Morgan fingerprint density at radius 1 is 0.262 bits per heavy atom. The molecular formula is C40H28N2. The van der Waals surface area contributed by atoms with E-state index < -0.39 is 0 Å². The summed E-state index contributed by atoms with van der Waals surface area (Å²) in [5.41, 5.74) is 13.2. The van der Waals surface area contributed by atoms with Crippen LogP contribution >= 0.6 is 0 Å². The van der Waals surface area contributed by atoms with Crippen molar-refractivity contribution in [3.05, 3.63) is 170 Å². The fourth-order valence-electron chi connectivity index (χ4n) is 5.29. The molecule has 2 aromatic heterocycles. The molecule has 2 heterocycles. The Bertz CT molecular complexity index is 1670. The van der Waals surface area contributed by atoms with Crippen molar-refractivity contribution in [2.24, 2.45) is 0 Å². The van der Waals surface area contributed by atoms with Gasteiger partial charge in [-0.05, 0) is 57.6 Å². The molecule has 0 atom stereocenters. The van der Waals surface area contributed by atoms with Crippen molar-refractivity contribution in [1.82, 2.24) is 9.97 Å². The summed E-state index contributed by atoms with van der Waals surface area (Å²) in [6.07, 6.45) is 1.83. The van der Waals surface area contributed by atoms with Crippen molar-refractivity contribution in [3.8, 4) is 67.2 Å². The summed E-state index contributed by atoms with van der Waals surface area (Å²) in [4.78, 5) is 9.67. The topological polar surface area (TPSA) is 25.8 Å². The molecule has 2 heteroatoms. The second kappa shape index (κ2) is 11.5. The third-order valence-electron chi connectivity index (χ3n) is 7.58. The fraction of sp³-hybridized carbons (Fsp3) is 0. The summed E-state index contributed by atoms with van der Waals surface area (Å²) in [6.45, 7) is 0. The van der Waals surface area contributed by atoms with E-state index in [1.165, 1.54) is 22.3 Å². The highest BCUT2D eigenvalue weighted by Gasteiger charge is 2.11. The minimum absolute atomic E-state index is 0.947. The number of hydrogen-bond acceptors (Lipinski definition) is 2. The van der Waals surface area contributed by atoms with Gasteiger partial charge >= 0.3 is 0 Å². The number of pyridine rings is 2. The molecule has 0 radical (unpaired) electrons. The van der Waals surface area contributed by atoms with Crippen LogP contribution in [0.25, 0.3) is 67.2 Å². The van der Waals surface area contributed by atoms with Gasteiger partial charge in [-0.1, -0.05) is 140 Å². The van der Waals surface area contributed by atoms with Crippen molar-refractivity contribution < 1.29 is 0 Å². The molecule has 0 amide bonds. The highest BCUT2D eigenvalue weighted by atomic mass is 14.7. The zero-order valence-corrected chi connectivity index (χ0v) is 23.1. The van der Waals surface area contributed by atoms with E-state index >= 15 is 0 Å². The lowest BCUT2D eigenvalue weighted by molar-refractivity contribution is 1.32. The fourth-order valence-corrected chi connectivity index (χ4v) is 5.29. The summed E-state index contributed by atoms with van der Waals surface area (Å²) in [7, 11) is 0. The predicted molar refractivity (Wildman–Crippen MR) is 175 cm³/mol. The van der Waals surface area contributed by atoms with Crippen LogP contribution in [0.3, 0.4) is 0 Å². The van der Waals surface area contributed by atoms with Crippen LogP contribution in [0.1, 0.15) is 0 Å². The first kappa shape index (κ1) is 25.4. The number of aromatic nitrogens is 2. The Morgan fingerprint density at radius 3 is 1.05 bits per heavy atom. The molecule has 2 nitrogen and oxygen atoms in total. The summed E-state index contributed by atoms with van der Waals surface area (Å²) < 4.78 is 0. The minimum atomic E-state index is 0.947. The van der Waals surface area contributed by atoms with Gasteiger partial charge in [0.25, 0.3) is 0 Å². The maximum Gasteiger partial charge on any atom is 0.0715 e. The maximum absolute atomic E-state index is 5.16. The summed E-state index contributed by atoms with van der Waals surface area (Å²) >= 11 is 0. The first-order chi connectivity index (χ1) is 20.8. The standard InChI is InChI=1S/C40H28N2/c1-3-9-29(10-4-1)31-14-22-35(23-15-31)39-27-37(33-18-20-34(21-19-33)38-13-7-8-26-41-38)28-40(42-39)36-24-16-32(17-25-36)30-11-5-2-6-12-30/h1-28H. The molecular weight excluding hydrogens is 508 g/mol. The molecule has 0 aliphatic heterocycles. The number of hydrogen-bond donors (Lipinski definition) is 0. The normalized spacial score (nSPS) is 10.9. The average molecular weight is 537 g/mol. The van der Waals surface area contributed by atoms with Crippen LogP contribution in [-0.2, 0) is 0 Å². The molecule has 0 aliphatic carbocycles. The SMILES string of the molecule is c1ccc(-c2ccc(-c3cc(-c4ccc(-c5ccccn5)cc4)cc(-c4ccc(-c5ccccc5)cc4)n3)cc2)cc1. The van der Waals surface area contributed by atoms with Crippen molar-refractivity contribution in [2.45, 2.75) is 0 Å². The Kier molecular flexibility index (Phi) is 6.94. The quantitative estimate of drug-likeness (QED) is 0.211. The average Bonchev–Trinajstić information content (AvgIpc) is 3.09. The summed E-state index contributed by atoms with van der Waals surface area (Å²) in [5.74, 6) is 0. The summed E-state index contributed by atoms with van der Waals surface area (Å²) in [5, 5.41) is 0. The maximum atomic E-state index is 5.16. The number of rotatable bonds is 6. The van der Waals surface area contributed by atoms with E-state index in [-0.39, 0.29) is 0 Å². The predicted octanol–water partition coefficient (Wildman–Crippen LogP) is 10.5. The van der Waals surface area contributed by atoms with Crippen LogP contribution in [0.2, 0.25) is 0 Å². The van der Waals surface area contributed by atoms with E-state index in [0.717, 1.165) is 44.9 Å². The van der Waals surface area contributed by atoms with Gasteiger partial charge in [0, 0.05) is 22.9 Å². The van der Waals surface area contributed by atoms with Crippen LogP contribution in [0.4, 0.5) is 0 Å². The van der Waals surface area contributed by atoms with Gasteiger partial charge in [-0.25, -0.2) is 4.98 Å². The van der Waals surface area contributed by atoms with Gasteiger partial charge < -0.3 is 0 Å². The Hall–Kier alpha value is -5.60. The summed E-state index contributed by atoms with van der Waals surface area (Å²) in [6, 6.07) is 57.3. The first-order valence-corrected chi connectivity index (χ1v) is 14.2. The van der Waals surface area contributed by atoms with E-state index in [0.29, 0.717) is 0 Å². The van der Waals surface area contributed by atoms with Crippen LogP contribution in [0.15, 0.2) is 170 Å². The molecule has 0 aliphatic rings. The third kappa shape index (κ3) is 5.39. The second-order valence-electron chi connectivity index (χ2n) is 10.3. The first-order valence-electron chi connectivity index (χ1n) is 14.2.